The summed E-state index contributed by atoms with van der Waals surface area (Å²) in [5, 5.41) is 4.23. The van der Waals surface area contributed by atoms with Crippen molar-refractivity contribution in [3.8, 4) is 11.1 Å². The van der Waals surface area contributed by atoms with Crippen molar-refractivity contribution in [1.29, 1.82) is 0 Å². The molecule has 31 heavy (non-hydrogen) atoms. The Morgan fingerprint density at radius 3 is 2.84 bits per heavy atom. The van der Waals surface area contributed by atoms with Crippen LogP contribution >= 0.6 is 0 Å². The second kappa shape index (κ2) is 7.98. The summed E-state index contributed by atoms with van der Waals surface area (Å²) in [6, 6.07) is 10.1. The number of aromatic nitrogens is 5. The van der Waals surface area contributed by atoms with E-state index in [-0.39, 0.29) is 11.8 Å². The number of hydrogen-bond donors (Lipinski definition) is 0. The average molecular weight is 415 g/mol. The van der Waals surface area contributed by atoms with E-state index >= 15 is 0 Å². The summed E-state index contributed by atoms with van der Waals surface area (Å²) in [5.74, 6) is 0.425. The van der Waals surface area contributed by atoms with Gasteiger partial charge in [0.25, 0.3) is 0 Å². The van der Waals surface area contributed by atoms with E-state index < -0.39 is 0 Å². The number of likely N-dealkylation sites (tertiary alicyclic amines) is 1. The molecule has 158 valence electrons. The van der Waals surface area contributed by atoms with Crippen LogP contribution in [-0.4, -0.2) is 48.0 Å². The molecule has 1 aliphatic rings. The summed E-state index contributed by atoms with van der Waals surface area (Å²) < 4.78 is 3.81. The molecule has 0 radical (unpaired) electrons. The van der Waals surface area contributed by atoms with Gasteiger partial charge >= 0.3 is 0 Å². The number of aryl methyl sites for hydroxylation is 2. The third-order valence-electron chi connectivity index (χ3n) is 6.16. The molecule has 1 amide bonds. The van der Waals surface area contributed by atoms with Gasteiger partial charge in [-0.2, -0.15) is 5.10 Å². The number of pyridine rings is 2. The normalized spacial score (nSPS) is 16.7. The third-order valence-corrected chi connectivity index (χ3v) is 6.16. The molecule has 0 N–H and O–H groups in total. The van der Waals surface area contributed by atoms with E-state index in [1.54, 1.807) is 4.68 Å². The lowest BCUT2D eigenvalue weighted by Gasteiger charge is -2.32. The van der Waals surface area contributed by atoms with Crippen LogP contribution in [0.15, 0.2) is 55.1 Å². The van der Waals surface area contributed by atoms with Gasteiger partial charge in [-0.3, -0.25) is 14.5 Å². The van der Waals surface area contributed by atoms with E-state index in [0.29, 0.717) is 13.0 Å². The van der Waals surface area contributed by atoms with E-state index in [4.69, 9.17) is 4.98 Å². The van der Waals surface area contributed by atoms with E-state index in [0.717, 1.165) is 53.2 Å². The van der Waals surface area contributed by atoms with Crippen LogP contribution in [-0.2, 0) is 18.3 Å². The lowest BCUT2D eigenvalue weighted by molar-refractivity contribution is -0.131. The number of amides is 1. The summed E-state index contributed by atoms with van der Waals surface area (Å²) >= 11 is 0. The van der Waals surface area contributed by atoms with E-state index in [2.05, 4.69) is 22.2 Å². The number of fused-ring (bicyclic) bond motifs is 1. The second-order valence-corrected chi connectivity index (χ2v) is 8.30. The molecule has 7 nitrogen and oxygen atoms in total. The smallest absolute Gasteiger partial charge is 0.228 e. The summed E-state index contributed by atoms with van der Waals surface area (Å²) in [6.07, 6.45) is 10.1. The monoisotopic (exact) mass is 414 g/mol. The summed E-state index contributed by atoms with van der Waals surface area (Å²) in [7, 11) is 1.91. The van der Waals surface area contributed by atoms with Crippen LogP contribution in [0.5, 0.6) is 0 Å². The zero-order valence-corrected chi connectivity index (χ0v) is 17.9. The molecule has 7 heteroatoms. The van der Waals surface area contributed by atoms with Gasteiger partial charge in [-0.25, -0.2) is 4.98 Å². The molecule has 0 aliphatic carbocycles. The van der Waals surface area contributed by atoms with Crippen LogP contribution in [0.25, 0.3) is 16.8 Å². The maximum Gasteiger partial charge on any atom is 0.228 e. The Kier molecular flexibility index (Phi) is 5.02. The number of imidazole rings is 1. The molecule has 4 aromatic rings. The lowest BCUT2D eigenvalue weighted by atomic mass is 9.93. The highest BCUT2D eigenvalue weighted by atomic mass is 16.2. The first-order chi connectivity index (χ1) is 15.1. The number of carbonyl (C=O) groups is 1. The first kappa shape index (κ1) is 19.5. The predicted molar refractivity (Wildman–Crippen MR) is 119 cm³/mol. The first-order valence-electron chi connectivity index (χ1n) is 10.7. The highest BCUT2D eigenvalue weighted by Gasteiger charge is 2.26. The fourth-order valence-corrected chi connectivity index (χ4v) is 4.47. The number of hydrogen-bond acceptors (Lipinski definition) is 4. The van der Waals surface area contributed by atoms with Gasteiger partial charge in [-0.15, -0.1) is 0 Å². The van der Waals surface area contributed by atoms with Crippen molar-refractivity contribution in [1.82, 2.24) is 29.0 Å². The van der Waals surface area contributed by atoms with Crippen LogP contribution in [0.3, 0.4) is 0 Å². The van der Waals surface area contributed by atoms with Crippen molar-refractivity contribution in [2.24, 2.45) is 7.05 Å². The molecule has 0 unspecified atom stereocenters. The zero-order chi connectivity index (χ0) is 21.4. The molecular weight excluding hydrogens is 388 g/mol. The lowest BCUT2D eigenvalue weighted by Crippen LogP contribution is -2.40. The fourth-order valence-electron chi connectivity index (χ4n) is 4.47. The molecule has 1 saturated heterocycles. The minimum Gasteiger partial charge on any atom is -0.342 e. The van der Waals surface area contributed by atoms with Gasteiger partial charge in [-0.1, -0.05) is 12.1 Å². The van der Waals surface area contributed by atoms with Crippen molar-refractivity contribution in [3.05, 3.63) is 72.2 Å². The molecule has 0 saturated carbocycles. The van der Waals surface area contributed by atoms with Gasteiger partial charge in [0.15, 0.2) is 0 Å². The minimum atomic E-state index is 0.158. The van der Waals surface area contributed by atoms with Crippen molar-refractivity contribution in [3.63, 3.8) is 0 Å². The molecule has 0 bridgehead atoms. The fraction of sp³-hybridized carbons (Fsp3) is 0.333. The number of rotatable bonds is 4. The molecular formula is C24H26N6O. The Morgan fingerprint density at radius 2 is 2.06 bits per heavy atom. The largest absolute Gasteiger partial charge is 0.342 e. The van der Waals surface area contributed by atoms with Gasteiger partial charge in [0.2, 0.25) is 5.91 Å². The number of carbonyl (C=O) groups excluding carboxylic acids is 1. The van der Waals surface area contributed by atoms with Gasteiger partial charge in [-0.05, 0) is 38.0 Å². The SMILES string of the molecule is Cc1nc2ccccn2c1CC(=O)N1CCC[C@@H](c2ccc(-c3cnn(C)c3)cn2)C1. The van der Waals surface area contributed by atoms with Gasteiger partial charge < -0.3 is 9.30 Å². The molecule has 0 spiro atoms. The topological polar surface area (TPSA) is 68.3 Å². The van der Waals surface area contributed by atoms with Crippen LogP contribution in [0, 0.1) is 6.92 Å². The third kappa shape index (κ3) is 3.83. The molecule has 0 aromatic carbocycles. The maximum absolute atomic E-state index is 13.1. The van der Waals surface area contributed by atoms with Crippen molar-refractivity contribution in [2.75, 3.05) is 13.1 Å². The van der Waals surface area contributed by atoms with Crippen LogP contribution in [0.4, 0.5) is 0 Å². The Bertz CT molecular complexity index is 1220. The maximum atomic E-state index is 13.1. The first-order valence-corrected chi connectivity index (χ1v) is 10.7. The summed E-state index contributed by atoms with van der Waals surface area (Å²) in [5.41, 5.74) is 5.95. The molecule has 4 aromatic heterocycles. The van der Waals surface area contributed by atoms with E-state index in [1.165, 1.54) is 0 Å². The van der Waals surface area contributed by atoms with Gasteiger partial charge in [0.05, 0.1) is 24.0 Å². The highest BCUT2D eigenvalue weighted by molar-refractivity contribution is 5.79. The summed E-state index contributed by atoms with van der Waals surface area (Å²) in [4.78, 5) is 24.4. The number of piperidine rings is 1. The van der Waals surface area contributed by atoms with Crippen molar-refractivity contribution in [2.45, 2.75) is 32.1 Å². The molecule has 1 atom stereocenters. The van der Waals surface area contributed by atoms with Gasteiger partial charge in [0, 0.05) is 61.5 Å². The predicted octanol–water partition coefficient (Wildman–Crippen LogP) is 3.39. The van der Waals surface area contributed by atoms with E-state index in [9.17, 15) is 4.79 Å². The molecule has 1 fully saturated rings. The van der Waals surface area contributed by atoms with Crippen LogP contribution < -0.4 is 0 Å². The van der Waals surface area contributed by atoms with Crippen molar-refractivity contribution < 1.29 is 4.79 Å². The highest BCUT2D eigenvalue weighted by Crippen LogP contribution is 2.28. The average Bonchev–Trinajstić information content (AvgIpc) is 3.37. The van der Waals surface area contributed by atoms with Crippen LogP contribution in [0.1, 0.15) is 35.8 Å². The van der Waals surface area contributed by atoms with Gasteiger partial charge in [0.1, 0.15) is 5.65 Å². The van der Waals surface area contributed by atoms with Crippen molar-refractivity contribution >= 4 is 11.6 Å². The number of nitrogens with zero attached hydrogens (tertiary/aromatic N) is 6. The van der Waals surface area contributed by atoms with E-state index in [1.807, 2.05) is 66.3 Å². The minimum absolute atomic E-state index is 0.158. The standard InChI is InChI=1S/C24H26N6O/c1-17-22(30-11-4-3-7-23(30)27-17)12-24(31)29-10-5-6-19(16-29)21-9-8-18(13-25-21)20-14-26-28(2)15-20/h3-4,7-9,11,13-15,19H,5-6,10,12,16H2,1-2H3/t19-/m1/s1. The Labute approximate surface area is 181 Å². The Morgan fingerprint density at radius 1 is 1.16 bits per heavy atom. The quantitative estimate of drug-likeness (QED) is 0.513. The van der Waals surface area contributed by atoms with Crippen LogP contribution in [0.2, 0.25) is 0 Å². The molecule has 1 aliphatic heterocycles. The Balaban J connectivity index is 1.29. The Hall–Kier alpha value is -3.48. The zero-order valence-electron chi connectivity index (χ0n) is 17.9. The summed E-state index contributed by atoms with van der Waals surface area (Å²) in [6.45, 7) is 3.50. The molecule has 5 heterocycles. The molecule has 5 rings (SSSR count). The second-order valence-electron chi connectivity index (χ2n) is 8.30.